The van der Waals surface area contributed by atoms with Gasteiger partial charge in [-0.2, -0.15) is 0 Å². The number of carbonyl (C=O) groups is 1. The van der Waals surface area contributed by atoms with Crippen molar-refractivity contribution in [1.82, 2.24) is 14.5 Å². The Morgan fingerprint density at radius 1 is 1.39 bits per heavy atom. The maximum atomic E-state index is 12.9. The van der Waals surface area contributed by atoms with E-state index >= 15 is 0 Å². The number of hydrogen-bond donors (Lipinski definition) is 0. The average Bonchev–Trinajstić information content (AvgIpc) is 3.18. The molecule has 1 atom stereocenters. The number of allylic oxidation sites excluding steroid dienone is 1. The fourth-order valence-electron chi connectivity index (χ4n) is 3.45. The summed E-state index contributed by atoms with van der Waals surface area (Å²) in [4.78, 5) is 24.7. The summed E-state index contributed by atoms with van der Waals surface area (Å²) in [6.45, 7) is 3.42. The first-order valence-corrected chi connectivity index (χ1v) is 9.18. The molecule has 2 aliphatic heterocycles. The molecule has 0 spiro atoms. The van der Waals surface area contributed by atoms with Gasteiger partial charge in [-0.1, -0.05) is 11.8 Å². The van der Waals surface area contributed by atoms with Crippen LogP contribution in [0.25, 0.3) is 0 Å². The minimum absolute atomic E-state index is 0.126. The van der Waals surface area contributed by atoms with Gasteiger partial charge in [0.2, 0.25) is 11.0 Å². The van der Waals surface area contributed by atoms with Crippen LogP contribution in [-0.4, -0.2) is 37.1 Å². The Hall–Kier alpha value is -1.47. The number of aryl methyl sites for hydroxylation is 2. The number of carbonyl (C=O) groups excluding carboxylic acids is 1. The molecule has 7 heteroatoms. The molecule has 3 aliphatic rings. The van der Waals surface area contributed by atoms with Gasteiger partial charge in [-0.05, 0) is 55.3 Å². The zero-order chi connectivity index (χ0) is 16.0. The Balaban J connectivity index is 1.45. The molecule has 0 aromatic carbocycles. The summed E-state index contributed by atoms with van der Waals surface area (Å²) in [7, 11) is 0. The fraction of sp³-hybridized carbons (Fsp3) is 0.500. The topological polar surface area (TPSA) is 50.5 Å². The van der Waals surface area contributed by atoms with Crippen LogP contribution < -0.4 is 0 Å². The lowest BCUT2D eigenvalue weighted by Gasteiger charge is -2.29. The van der Waals surface area contributed by atoms with Crippen molar-refractivity contribution in [3.05, 3.63) is 28.7 Å². The molecule has 5 nitrogen and oxygen atoms in total. The summed E-state index contributed by atoms with van der Waals surface area (Å²) in [5.74, 6) is -0.0131. The number of nitrogens with zero attached hydrogens (tertiary/aromatic N) is 4. The minimum atomic E-state index is -0.139. The number of fused-ring (bicyclic) bond motifs is 2. The summed E-state index contributed by atoms with van der Waals surface area (Å²) >= 11 is 7.04. The number of aromatic nitrogens is 2. The highest BCUT2D eigenvalue weighted by molar-refractivity contribution is 8.17. The van der Waals surface area contributed by atoms with E-state index in [1.165, 1.54) is 16.9 Å². The van der Waals surface area contributed by atoms with Crippen molar-refractivity contribution in [3.63, 3.8) is 0 Å². The second-order valence-corrected chi connectivity index (χ2v) is 7.65. The zero-order valence-corrected chi connectivity index (χ0v) is 14.6. The number of imidazole rings is 1. The van der Waals surface area contributed by atoms with Crippen LogP contribution in [0.15, 0.2) is 28.0 Å². The van der Waals surface area contributed by atoms with E-state index in [1.807, 2.05) is 24.0 Å². The summed E-state index contributed by atoms with van der Waals surface area (Å²) < 4.78 is 2.05. The third-order valence-corrected chi connectivity index (χ3v) is 6.10. The summed E-state index contributed by atoms with van der Waals surface area (Å²) in [6, 6.07) is 0. The van der Waals surface area contributed by atoms with Crippen molar-refractivity contribution in [3.8, 4) is 0 Å². The summed E-state index contributed by atoms with van der Waals surface area (Å²) in [6.07, 6.45) is 7.97. The van der Waals surface area contributed by atoms with Crippen LogP contribution in [0.3, 0.4) is 0 Å². The van der Waals surface area contributed by atoms with Crippen molar-refractivity contribution < 1.29 is 4.79 Å². The molecule has 120 valence electrons. The molecule has 1 aromatic rings. The lowest BCUT2D eigenvalue weighted by Crippen LogP contribution is -2.45. The molecule has 4 rings (SSSR count). The monoisotopic (exact) mass is 346 g/mol. The smallest absolute Gasteiger partial charge is 0.242 e. The van der Waals surface area contributed by atoms with E-state index in [9.17, 15) is 4.79 Å². The van der Waals surface area contributed by atoms with Crippen LogP contribution in [0.2, 0.25) is 0 Å². The number of thioether (sulfide) groups is 1. The lowest BCUT2D eigenvalue weighted by molar-refractivity contribution is -0.128. The van der Waals surface area contributed by atoms with E-state index in [4.69, 9.17) is 12.2 Å². The van der Waals surface area contributed by atoms with Gasteiger partial charge in [0.25, 0.3) is 0 Å². The molecule has 0 saturated heterocycles. The van der Waals surface area contributed by atoms with Gasteiger partial charge in [0.05, 0.1) is 17.1 Å². The van der Waals surface area contributed by atoms with Gasteiger partial charge in [0.1, 0.15) is 5.92 Å². The highest BCUT2D eigenvalue weighted by Gasteiger charge is 2.44. The molecule has 1 unspecified atom stereocenters. The van der Waals surface area contributed by atoms with Gasteiger partial charge < -0.3 is 4.57 Å². The molecular weight excluding hydrogens is 328 g/mol. The van der Waals surface area contributed by atoms with E-state index in [2.05, 4.69) is 9.98 Å². The second kappa shape index (κ2) is 5.87. The fourth-order valence-corrected chi connectivity index (χ4v) is 5.13. The van der Waals surface area contributed by atoms with Crippen LogP contribution in [0.5, 0.6) is 0 Å². The van der Waals surface area contributed by atoms with Crippen molar-refractivity contribution in [2.45, 2.75) is 39.2 Å². The van der Waals surface area contributed by atoms with E-state index in [-0.39, 0.29) is 11.8 Å². The van der Waals surface area contributed by atoms with Crippen LogP contribution in [0.1, 0.15) is 31.4 Å². The third kappa shape index (κ3) is 2.65. The van der Waals surface area contributed by atoms with Crippen molar-refractivity contribution in [1.29, 1.82) is 0 Å². The van der Waals surface area contributed by atoms with E-state index in [0.29, 0.717) is 11.7 Å². The number of aliphatic imine (C=N–C) groups is 1. The van der Waals surface area contributed by atoms with Crippen LogP contribution in [0.4, 0.5) is 0 Å². The first kappa shape index (κ1) is 15.1. The number of hydrogen-bond acceptors (Lipinski definition) is 4. The van der Waals surface area contributed by atoms with Gasteiger partial charge in [0.15, 0.2) is 0 Å². The summed E-state index contributed by atoms with van der Waals surface area (Å²) in [5, 5.41) is 1.34. The largest absolute Gasteiger partial charge is 0.337 e. The van der Waals surface area contributed by atoms with Crippen LogP contribution in [-0.2, 0) is 11.3 Å². The van der Waals surface area contributed by atoms with Crippen LogP contribution in [0, 0.1) is 12.8 Å². The second-order valence-electron chi connectivity index (χ2n) is 6.17. The van der Waals surface area contributed by atoms with Gasteiger partial charge in [0, 0.05) is 19.3 Å². The Morgan fingerprint density at radius 2 is 2.26 bits per heavy atom. The summed E-state index contributed by atoms with van der Waals surface area (Å²) in [5.41, 5.74) is 2.31. The van der Waals surface area contributed by atoms with Crippen molar-refractivity contribution in [2.24, 2.45) is 10.9 Å². The van der Waals surface area contributed by atoms with Gasteiger partial charge >= 0.3 is 0 Å². The molecule has 0 fully saturated rings. The minimum Gasteiger partial charge on any atom is -0.337 e. The number of thiocarbonyl (C=S) groups is 1. The Morgan fingerprint density at radius 3 is 3.04 bits per heavy atom. The van der Waals surface area contributed by atoms with Gasteiger partial charge in [-0.3, -0.25) is 9.69 Å². The van der Waals surface area contributed by atoms with Gasteiger partial charge in [-0.15, -0.1) is 0 Å². The molecule has 3 heterocycles. The third-order valence-electron chi connectivity index (χ3n) is 4.54. The first-order valence-electron chi connectivity index (χ1n) is 7.95. The van der Waals surface area contributed by atoms with Crippen molar-refractivity contribution >= 4 is 40.0 Å². The Labute approximate surface area is 144 Å². The van der Waals surface area contributed by atoms with Crippen LogP contribution >= 0.6 is 24.0 Å². The maximum absolute atomic E-state index is 12.9. The highest BCUT2D eigenvalue weighted by atomic mass is 32.2. The van der Waals surface area contributed by atoms with E-state index in [0.717, 1.165) is 36.5 Å². The zero-order valence-electron chi connectivity index (χ0n) is 13.0. The quantitative estimate of drug-likeness (QED) is 0.787. The first-order chi connectivity index (χ1) is 11.1. The number of rotatable bonds is 4. The standard InChI is InChI=1S/C16H18N4OS2/c1-10-8-19(9-17-10)6-3-7-20-15(21)13-11-4-2-5-12(11)23-14(13)18-16(20)22/h8-9,13H,2-7H2,1H3. The SMILES string of the molecule is Cc1cn(CCCN2C(=O)C3C(=NC2=S)SC2=C3CCC2)cn1. The predicted octanol–water partition coefficient (Wildman–Crippen LogP) is 2.91. The molecule has 1 aliphatic carbocycles. The van der Waals surface area contributed by atoms with E-state index in [1.54, 1.807) is 16.7 Å². The molecule has 1 aromatic heterocycles. The molecule has 1 amide bonds. The molecule has 23 heavy (non-hydrogen) atoms. The molecule has 0 bridgehead atoms. The number of amides is 1. The Kier molecular flexibility index (Phi) is 3.85. The van der Waals surface area contributed by atoms with Crippen molar-refractivity contribution in [2.75, 3.05) is 6.54 Å². The highest BCUT2D eigenvalue weighted by Crippen LogP contribution is 2.49. The maximum Gasteiger partial charge on any atom is 0.242 e. The predicted molar refractivity (Wildman–Crippen MR) is 95.3 cm³/mol. The molecule has 0 saturated carbocycles. The van der Waals surface area contributed by atoms with Gasteiger partial charge in [-0.25, -0.2) is 9.98 Å². The Bertz CT molecular complexity index is 749. The van der Waals surface area contributed by atoms with E-state index < -0.39 is 0 Å². The molecular formula is C16H18N4OS2. The average molecular weight is 346 g/mol. The molecule has 0 N–H and O–H groups in total. The molecule has 0 radical (unpaired) electrons. The lowest BCUT2D eigenvalue weighted by atomic mass is 9.97. The normalized spacial score (nSPS) is 23.4.